The second kappa shape index (κ2) is 9.83. The van der Waals surface area contributed by atoms with Crippen LogP contribution < -0.4 is 5.73 Å². The highest BCUT2D eigenvalue weighted by Gasteiger charge is 2.07. The van der Waals surface area contributed by atoms with Gasteiger partial charge in [-0.05, 0) is 62.8 Å². The second-order valence-corrected chi connectivity index (χ2v) is 5.72. The van der Waals surface area contributed by atoms with Crippen molar-refractivity contribution in [3.05, 3.63) is 70.7 Å². The van der Waals surface area contributed by atoms with E-state index in [0.717, 1.165) is 42.6 Å². The highest BCUT2D eigenvalue weighted by Crippen LogP contribution is 2.22. The second-order valence-electron chi connectivity index (χ2n) is 5.72. The topological polar surface area (TPSA) is 38.9 Å². The van der Waals surface area contributed by atoms with Crippen LogP contribution in [-0.2, 0) is 6.42 Å². The zero-order valence-corrected chi connectivity index (χ0v) is 15.0. The van der Waals surface area contributed by atoms with Crippen LogP contribution in [0.3, 0.4) is 0 Å². The molecule has 0 radical (unpaired) electrons. The molecule has 0 aliphatic carbocycles. The molecule has 1 heterocycles. The van der Waals surface area contributed by atoms with E-state index in [2.05, 4.69) is 57.7 Å². The summed E-state index contributed by atoms with van der Waals surface area (Å²) in [6.07, 6.45) is 12.4. The Bertz CT molecular complexity index is 619. The minimum Gasteiger partial charge on any atom is -0.399 e. The first-order valence-electron chi connectivity index (χ1n) is 8.43. The van der Waals surface area contributed by atoms with E-state index in [4.69, 9.17) is 10.7 Å². The SMILES string of the molecule is C=C(N)C(=C/CCC)/C(=C\C)CCc1ccc(/C=C\C)c(C)n1. The van der Waals surface area contributed by atoms with Crippen molar-refractivity contribution in [2.75, 3.05) is 0 Å². The molecule has 0 fully saturated rings. The fourth-order valence-corrected chi connectivity index (χ4v) is 2.57. The summed E-state index contributed by atoms with van der Waals surface area (Å²) in [5.41, 5.74) is 12.3. The van der Waals surface area contributed by atoms with Crippen molar-refractivity contribution in [1.82, 2.24) is 4.98 Å². The van der Waals surface area contributed by atoms with Gasteiger partial charge in [0.05, 0.1) is 0 Å². The number of hydrogen-bond donors (Lipinski definition) is 1. The molecule has 1 aromatic rings. The molecule has 0 amide bonds. The van der Waals surface area contributed by atoms with Crippen LogP contribution in [0, 0.1) is 6.92 Å². The van der Waals surface area contributed by atoms with E-state index in [1.807, 2.05) is 13.0 Å². The monoisotopic (exact) mass is 310 g/mol. The number of allylic oxidation sites excluding steroid dienone is 4. The van der Waals surface area contributed by atoms with Crippen LogP contribution in [0.1, 0.15) is 57.0 Å². The van der Waals surface area contributed by atoms with Gasteiger partial charge in [-0.3, -0.25) is 4.98 Å². The van der Waals surface area contributed by atoms with Crippen molar-refractivity contribution in [2.45, 2.75) is 53.4 Å². The smallest absolute Gasteiger partial charge is 0.0448 e. The molecule has 1 aromatic heterocycles. The summed E-state index contributed by atoms with van der Waals surface area (Å²) in [4.78, 5) is 4.71. The van der Waals surface area contributed by atoms with E-state index in [1.54, 1.807) is 0 Å². The number of rotatable bonds is 8. The Hall–Kier alpha value is -2.09. The van der Waals surface area contributed by atoms with Crippen LogP contribution in [0.2, 0.25) is 0 Å². The molecular weight excluding hydrogens is 280 g/mol. The van der Waals surface area contributed by atoms with Crippen LogP contribution in [0.25, 0.3) is 6.08 Å². The molecule has 124 valence electrons. The third-order valence-corrected chi connectivity index (χ3v) is 3.86. The Morgan fingerprint density at radius 2 is 2.04 bits per heavy atom. The summed E-state index contributed by atoms with van der Waals surface area (Å²) in [5, 5.41) is 0. The largest absolute Gasteiger partial charge is 0.399 e. The normalized spacial score (nSPS) is 12.9. The number of pyridine rings is 1. The molecule has 0 atom stereocenters. The quantitative estimate of drug-likeness (QED) is 0.644. The fraction of sp³-hybridized carbons (Fsp3) is 0.381. The van der Waals surface area contributed by atoms with Crippen LogP contribution in [0.5, 0.6) is 0 Å². The number of aryl methyl sites for hydroxylation is 2. The maximum absolute atomic E-state index is 5.97. The van der Waals surface area contributed by atoms with Gasteiger partial charge in [-0.2, -0.15) is 0 Å². The summed E-state index contributed by atoms with van der Waals surface area (Å²) in [6.45, 7) is 12.2. The van der Waals surface area contributed by atoms with E-state index in [1.165, 1.54) is 11.1 Å². The molecule has 2 heteroatoms. The van der Waals surface area contributed by atoms with Crippen molar-refractivity contribution >= 4 is 6.08 Å². The van der Waals surface area contributed by atoms with E-state index in [9.17, 15) is 0 Å². The first-order valence-corrected chi connectivity index (χ1v) is 8.43. The zero-order chi connectivity index (χ0) is 17.2. The summed E-state index contributed by atoms with van der Waals surface area (Å²) in [6, 6.07) is 4.25. The predicted molar refractivity (Wildman–Crippen MR) is 102 cm³/mol. The Morgan fingerprint density at radius 1 is 1.30 bits per heavy atom. The molecule has 0 aromatic carbocycles. The summed E-state index contributed by atoms with van der Waals surface area (Å²) < 4.78 is 0. The Kier molecular flexibility index (Phi) is 8.10. The van der Waals surface area contributed by atoms with E-state index in [-0.39, 0.29) is 0 Å². The summed E-state index contributed by atoms with van der Waals surface area (Å²) >= 11 is 0. The molecule has 23 heavy (non-hydrogen) atoms. The Balaban J connectivity index is 2.85. The minimum absolute atomic E-state index is 0.652. The van der Waals surface area contributed by atoms with Crippen molar-refractivity contribution in [1.29, 1.82) is 0 Å². The number of hydrogen-bond acceptors (Lipinski definition) is 2. The average Bonchev–Trinajstić information content (AvgIpc) is 2.52. The fourth-order valence-electron chi connectivity index (χ4n) is 2.57. The molecule has 0 unspecified atom stereocenters. The maximum atomic E-state index is 5.97. The minimum atomic E-state index is 0.652. The van der Waals surface area contributed by atoms with Crippen molar-refractivity contribution in [3.63, 3.8) is 0 Å². The lowest BCUT2D eigenvalue weighted by atomic mass is 9.96. The molecule has 1 rings (SSSR count). The zero-order valence-electron chi connectivity index (χ0n) is 15.0. The number of nitrogens with two attached hydrogens (primary N) is 1. The molecule has 0 aliphatic rings. The highest BCUT2D eigenvalue weighted by molar-refractivity contribution is 5.51. The van der Waals surface area contributed by atoms with Gasteiger partial charge in [0.2, 0.25) is 0 Å². The van der Waals surface area contributed by atoms with Crippen molar-refractivity contribution < 1.29 is 0 Å². The van der Waals surface area contributed by atoms with Gasteiger partial charge in [0.1, 0.15) is 0 Å². The standard InChI is InChI=1S/C21H30N2/c1-6-9-11-21(16(4)22)18(8-3)12-14-20-15-13-19(10-7-2)17(5)23-20/h7-8,10-11,13,15H,4,6,9,12,14,22H2,1-3,5H3/b10-7-,18-8-,21-11-. The van der Waals surface area contributed by atoms with Crippen molar-refractivity contribution in [3.8, 4) is 0 Å². The molecular formula is C21H30N2. The first-order chi connectivity index (χ1) is 11.0. The first kappa shape index (κ1) is 19.0. The van der Waals surface area contributed by atoms with E-state index < -0.39 is 0 Å². The van der Waals surface area contributed by atoms with Crippen LogP contribution >= 0.6 is 0 Å². The van der Waals surface area contributed by atoms with Gasteiger partial charge in [-0.25, -0.2) is 0 Å². The van der Waals surface area contributed by atoms with Gasteiger partial charge < -0.3 is 5.73 Å². The molecule has 0 spiro atoms. The predicted octanol–water partition coefficient (Wildman–Crippen LogP) is 5.50. The van der Waals surface area contributed by atoms with Gasteiger partial charge in [-0.1, -0.05) is 50.3 Å². The van der Waals surface area contributed by atoms with E-state index in [0.29, 0.717) is 5.70 Å². The van der Waals surface area contributed by atoms with Gasteiger partial charge >= 0.3 is 0 Å². The van der Waals surface area contributed by atoms with Gasteiger partial charge in [0, 0.05) is 17.1 Å². The molecule has 0 bridgehead atoms. The van der Waals surface area contributed by atoms with Gasteiger partial charge in [0.15, 0.2) is 0 Å². The number of nitrogens with zero attached hydrogens (tertiary/aromatic N) is 1. The number of unbranched alkanes of at least 4 members (excludes halogenated alkanes) is 1. The van der Waals surface area contributed by atoms with Crippen molar-refractivity contribution in [2.24, 2.45) is 5.73 Å². The van der Waals surface area contributed by atoms with Gasteiger partial charge in [0.25, 0.3) is 0 Å². The number of aromatic nitrogens is 1. The average molecular weight is 310 g/mol. The lowest BCUT2D eigenvalue weighted by Crippen LogP contribution is -2.04. The summed E-state index contributed by atoms with van der Waals surface area (Å²) in [5.74, 6) is 0. The van der Waals surface area contributed by atoms with Crippen LogP contribution in [-0.4, -0.2) is 4.98 Å². The molecule has 0 aliphatic heterocycles. The Labute approximate surface area is 141 Å². The third-order valence-electron chi connectivity index (χ3n) is 3.86. The lowest BCUT2D eigenvalue weighted by Gasteiger charge is -2.12. The maximum Gasteiger partial charge on any atom is 0.0448 e. The van der Waals surface area contributed by atoms with Gasteiger partial charge in [-0.15, -0.1) is 0 Å². The van der Waals surface area contributed by atoms with Crippen LogP contribution in [0.4, 0.5) is 0 Å². The van der Waals surface area contributed by atoms with E-state index >= 15 is 0 Å². The lowest BCUT2D eigenvalue weighted by molar-refractivity contribution is 0.885. The summed E-state index contributed by atoms with van der Waals surface area (Å²) in [7, 11) is 0. The highest BCUT2D eigenvalue weighted by atomic mass is 14.7. The van der Waals surface area contributed by atoms with Crippen LogP contribution in [0.15, 0.2) is 53.8 Å². The Morgan fingerprint density at radius 3 is 2.57 bits per heavy atom. The third kappa shape index (κ3) is 5.90. The molecule has 2 N–H and O–H groups in total. The molecule has 0 saturated carbocycles. The molecule has 0 saturated heterocycles. The molecule has 2 nitrogen and oxygen atoms in total.